The van der Waals surface area contributed by atoms with Crippen molar-refractivity contribution in [3.63, 3.8) is 0 Å². The molecule has 25 atom stereocenters. The van der Waals surface area contributed by atoms with Gasteiger partial charge < -0.3 is 128 Å². The fourth-order valence-electron chi connectivity index (χ4n) is 9.90. The molecule has 0 unspecified atom stereocenters. The van der Waals surface area contributed by atoms with Gasteiger partial charge in [0.15, 0.2) is 0 Å². The maximum atomic E-state index is 11.5. The maximum absolute atomic E-state index is 11.5. The fraction of sp³-hybridized carbons (Fsp3) is 1.00. The van der Waals surface area contributed by atoms with Gasteiger partial charge in [0, 0.05) is 50.9 Å². The Balaban J connectivity index is 1.19. The van der Waals surface area contributed by atoms with E-state index in [1.807, 2.05) is 0 Å². The number of hydrogen-bond acceptors (Lipinski definition) is 26. The minimum Gasteiger partial charge on any atom is -0.394 e. The quantitative estimate of drug-likeness (QED) is 0.0383. The molecule has 0 amide bonds. The van der Waals surface area contributed by atoms with Crippen molar-refractivity contribution in [3.05, 3.63) is 0 Å². The Kier molecular flexibility index (Phi) is 24.4. The van der Waals surface area contributed by atoms with Crippen LogP contribution in [0.5, 0.6) is 0 Å². The van der Waals surface area contributed by atoms with E-state index in [1.54, 1.807) is 0 Å². The molecule has 0 aliphatic carbocycles. The first kappa shape index (κ1) is 58.8. The third-order valence-corrected chi connectivity index (χ3v) is 14.1. The van der Waals surface area contributed by atoms with E-state index in [0.717, 1.165) is 0 Å². The summed E-state index contributed by atoms with van der Waals surface area (Å²) in [7, 11) is 4.19. The molecule has 406 valence electrons. The van der Waals surface area contributed by atoms with Gasteiger partial charge in [0.25, 0.3) is 0 Å². The van der Waals surface area contributed by atoms with Crippen LogP contribution in [0.3, 0.4) is 0 Å². The van der Waals surface area contributed by atoms with Crippen LogP contribution in [0.4, 0.5) is 0 Å². The van der Waals surface area contributed by atoms with Crippen LogP contribution in [0.25, 0.3) is 0 Å². The lowest BCUT2D eigenvalue weighted by molar-refractivity contribution is -0.256. The summed E-state index contributed by atoms with van der Waals surface area (Å²) in [5.41, 5.74) is 0. The van der Waals surface area contributed by atoms with E-state index in [0.29, 0.717) is 0 Å². The van der Waals surface area contributed by atoms with Gasteiger partial charge in [0.1, 0.15) is 61.0 Å². The van der Waals surface area contributed by atoms with Crippen molar-refractivity contribution in [1.29, 1.82) is 0 Å². The number of aliphatic hydroxyl groups is 14. The Labute approximate surface area is 400 Å². The Morgan fingerprint density at radius 3 is 0.710 bits per heavy atom. The largest absolute Gasteiger partial charge is 0.394 e. The number of ether oxygens (including phenoxy) is 12. The summed E-state index contributed by atoms with van der Waals surface area (Å²) in [4.78, 5) is 0. The van der Waals surface area contributed by atoms with Crippen LogP contribution >= 0.6 is 0 Å². The second kappa shape index (κ2) is 28.6. The van der Waals surface area contributed by atoms with Crippen molar-refractivity contribution in [3.8, 4) is 0 Å². The lowest BCUT2D eigenvalue weighted by Crippen LogP contribution is -2.60. The molecular formula is C43H78O26. The molecule has 5 aliphatic rings. The Bertz CT molecular complexity index is 1420. The molecule has 26 nitrogen and oxygen atoms in total. The highest BCUT2D eigenvalue weighted by Crippen LogP contribution is 2.33. The molecule has 5 heterocycles. The van der Waals surface area contributed by atoms with Gasteiger partial charge in [-0.05, 0) is 0 Å². The molecule has 14 N–H and O–H groups in total. The third kappa shape index (κ3) is 14.4. The molecule has 0 aromatic carbocycles. The monoisotopic (exact) mass is 1010 g/mol. The normalized spacial score (nSPS) is 45.4. The van der Waals surface area contributed by atoms with Gasteiger partial charge in [-0.2, -0.15) is 0 Å². The Morgan fingerprint density at radius 2 is 0.449 bits per heavy atom. The van der Waals surface area contributed by atoms with Gasteiger partial charge in [0.2, 0.25) is 0 Å². The second-order valence-electron chi connectivity index (χ2n) is 18.5. The molecule has 5 saturated heterocycles. The summed E-state index contributed by atoms with van der Waals surface area (Å²) in [5.74, 6) is -4.39. The van der Waals surface area contributed by atoms with Crippen LogP contribution in [0.2, 0.25) is 0 Å². The van der Waals surface area contributed by atoms with Crippen LogP contribution < -0.4 is 0 Å². The molecule has 5 fully saturated rings. The first-order chi connectivity index (χ1) is 33.1. The Hall–Kier alpha value is -1.04. The van der Waals surface area contributed by atoms with Crippen molar-refractivity contribution in [2.75, 3.05) is 120 Å². The molecule has 0 radical (unpaired) electrons. The van der Waals surface area contributed by atoms with E-state index < -0.39 is 185 Å². The minimum absolute atomic E-state index is 0.000583. The Morgan fingerprint density at radius 1 is 0.246 bits per heavy atom. The lowest BCUT2D eigenvalue weighted by atomic mass is 9.86. The van der Waals surface area contributed by atoms with E-state index in [1.165, 1.54) is 21.3 Å². The van der Waals surface area contributed by atoms with Gasteiger partial charge in [0.05, 0.1) is 160 Å². The molecule has 0 aromatic heterocycles. The van der Waals surface area contributed by atoms with Crippen LogP contribution in [0.15, 0.2) is 0 Å². The van der Waals surface area contributed by atoms with Crippen molar-refractivity contribution < 1.29 is 128 Å². The van der Waals surface area contributed by atoms with E-state index in [2.05, 4.69) is 0 Å². The van der Waals surface area contributed by atoms with E-state index in [-0.39, 0.29) is 66.1 Å². The van der Waals surface area contributed by atoms with E-state index in [4.69, 9.17) is 56.8 Å². The molecule has 5 rings (SSSR count). The average Bonchev–Trinajstić information content (AvgIpc) is 3.34. The average molecular weight is 1010 g/mol. The number of hydrogen-bond donors (Lipinski definition) is 14. The highest BCUT2D eigenvalue weighted by Gasteiger charge is 2.50. The zero-order chi connectivity index (χ0) is 50.5. The van der Waals surface area contributed by atoms with Crippen LogP contribution in [-0.4, -0.2) is 314 Å². The molecule has 0 saturated carbocycles. The van der Waals surface area contributed by atoms with Crippen molar-refractivity contribution in [1.82, 2.24) is 0 Å². The van der Waals surface area contributed by atoms with Gasteiger partial charge in [-0.15, -0.1) is 0 Å². The summed E-state index contributed by atoms with van der Waals surface area (Å²) in [6.45, 7) is -4.69. The van der Waals surface area contributed by atoms with E-state index in [9.17, 15) is 71.5 Å². The molecule has 26 heteroatoms. The van der Waals surface area contributed by atoms with Crippen molar-refractivity contribution >= 4 is 0 Å². The minimum atomic E-state index is -1.61. The lowest BCUT2D eigenvalue weighted by Gasteiger charge is -2.45. The summed E-state index contributed by atoms with van der Waals surface area (Å²) in [5, 5.41) is 149. The maximum Gasteiger partial charge on any atom is 0.110 e. The van der Waals surface area contributed by atoms with Crippen molar-refractivity contribution in [2.45, 2.75) is 122 Å². The summed E-state index contributed by atoms with van der Waals surface area (Å²) >= 11 is 0. The third-order valence-electron chi connectivity index (χ3n) is 14.1. The molecule has 0 spiro atoms. The topological polar surface area (TPSA) is 394 Å². The number of rotatable bonds is 26. The van der Waals surface area contributed by atoms with E-state index >= 15 is 0 Å². The van der Waals surface area contributed by atoms with Crippen LogP contribution in [0.1, 0.15) is 0 Å². The fourth-order valence-corrected chi connectivity index (χ4v) is 9.90. The summed E-state index contributed by atoms with van der Waals surface area (Å²) in [6, 6.07) is 0. The highest BCUT2D eigenvalue weighted by atomic mass is 16.6. The second-order valence-corrected chi connectivity index (χ2v) is 18.5. The SMILES string of the molecule is COC[C@H]1[C@@H](O)[C@H](O)[C@@H](COC[C@H]2[C@@H](O)[C@H](O)[C@@H](COC[C@H]3[C@@H](O)[C@H](O)[C@@H](COC[C@H]4[C@@H](O)[C@H](O)[C@@H](COC)O[C@H]4CO)O[C@H]3CO)O[C@H]2COC[C@H]2O[C@@H](CO)[C@@H](COC)[C@@H](O)[C@@H]2O)O[C@H]1CO. The van der Waals surface area contributed by atoms with Gasteiger partial charge >= 0.3 is 0 Å². The molecular weight excluding hydrogens is 932 g/mol. The zero-order valence-electron chi connectivity index (χ0n) is 39.2. The highest BCUT2D eigenvalue weighted by molar-refractivity contribution is 4.97. The number of aliphatic hydroxyl groups excluding tert-OH is 14. The first-order valence-corrected chi connectivity index (χ1v) is 23.4. The van der Waals surface area contributed by atoms with Gasteiger partial charge in [-0.25, -0.2) is 0 Å². The first-order valence-electron chi connectivity index (χ1n) is 23.4. The summed E-state index contributed by atoms with van der Waals surface area (Å²) in [6.07, 6.45) is -24.8. The van der Waals surface area contributed by atoms with Crippen molar-refractivity contribution in [2.24, 2.45) is 29.6 Å². The number of methoxy groups -OCH3 is 3. The molecule has 5 aliphatic heterocycles. The summed E-state index contributed by atoms with van der Waals surface area (Å²) < 4.78 is 68.1. The predicted octanol–water partition coefficient (Wildman–Crippen LogP) is -8.51. The molecule has 0 bridgehead atoms. The van der Waals surface area contributed by atoms with Crippen LogP contribution in [-0.2, 0) is 56.8 Å². The zero-order valence-corrected chi connectivity index (χ0v) is 39.2. The molecule has 69 heavy (non-hydrogen) atoms. The van der Waals surface area contributed by atoms with Gasteiger partial charge in [-0.1, -0.05) is 0 Å². The predicted molar refractivity (Wildman–Crippen MR) is 228 cm³/mol. The molecule has 0 aromatic rings. The van der Waals surface area contributed by atoms with Gasteiger partial charge in [-0.3, -0.25) is 0 Å². The standard InChI is InChI=1S/C43H78O26/c1-58-8-19-24(4-44)66-30(40(54)34(19)48)16-63-12-23-28(14-64-18-32-41(55)35(49)20(9-59-2)25(5-45)67-32)69-33(43(57)38(23)52)17-62-11-22-27(7-47)68-31(42(56)37(22)51)15-61-10-21-26(6-46)65-29(13-60-3)39(53)36(21)50/h19-57H,4-18H2,1-3H3/t19-,20-,21-,22-,23-,24+,25+,26+,27+,28+,29-,30-,31-,32-,33-,34-,35-,36-,37-,38-,39-,40-,41-,42-,43-/m1/s1. The smallest absolute Gasteiger partial charge is 0.110 e. The van der Waals surface area contributed by atoms with Crippen LogP contribution in [0, 0.1) is 29.6 Å².